The summed E-state index contributed by atoms with van der Waals surface area (Å²) in [4.78, 5) is 0. The van der Waals surface area contributed by atoms with Gasteiger partial charge in [-0.2, -0.15) is 0 Å². The van der Waals surface area contributed by atoms with Crippen LogP contribution in [0.3, 0.4) is 0 Å². The minimum atomic E-state index is -0.463. The van der Waals surface area contributed by atoms with E-state index in [-0.39, 0.29) is 46.1 Å². The molecule has 17 aromatic rings. The van der Waals surface area contributed by atoms with E-state index in [1.54, 1.807) is 0 Å². The van der Waals surface area contributed by atoms with E-state index in [9.17, 15) is 5.48 Å². The van der Waals surface area contributed by atoms with Crippen LogP contribution in [0.25, 0.3) is 148 Å². The first-order valence-electron chi connectivity index (χ1n) is 38.0. The summed E-state index contributed by atoms with van der Waals surface area (Å²) in [6.07, 6.45) is 0. The fourth-order valence-electron chi connectivity index (χ4n) is 16.2. The van der Waals surface area contributed by atoms with E-state index in [4.69, 9.17) is 8.22 Å². The molecule has 0 spiro atoms. The third-order valence-corrected chi connectivity index (χ3v) is 20.7. The highest BCUT2D eigenvalue weighted by molar-refractivity contribution is 7.00. The number of benzene rings is 13. The Kier molecular flexibility index (Phi) is 9.65. The lowest BCUT2D eigenvalue weighted by atomic mass is 9.34. The molecule has 0 unspecified atom stereocenters. The van der Waals surface area contributed by atoms with Gasteiger partial charge in [-0.1, -0.05) is 256 Å². The number of nitrogens with zero attached hydrogens (tertiary/aromatic N) is 3. The van der Waals surface area contributed by atoms with Gasteiger partial charge in [0.05, 0.1) is 47.0 Å². The number of aromatic nitrogens is 3. The van der Waals surface area contributed by atoms with Crippen LogP contribution in [0, 0.1) is 0 Å². The molecule has 5 heteroatoms. The molecule has 0 radical (unpaired) electrons. The molecule has 2 aliphatic rings. The maximum Gasteiger partial charge on any atom is 0.252 e. The fraction of sp³-hybridized carbons (Fsp3) is 0.133. The van der Waals surface area contributed by atoms with E-state index >= 15 is 0 Å². The molecule has 1 N–H and O–H groups in total. The van der Waals surface area contributed by atoms with Crippen molar-refractivity contribution in [2.75, 3.05) is 5.32 Å². The van der Waals surface area contributed by atoms with Gasteiger partial charge in [0.25, 0.3) is 6.71 Å². The molecule has 0 fully saturated rings. The molecule has 0 saturated carbocycles. The molecule has 19 rings (SSSR count). The van der Waals surface area contributed by atoms with Crippen LogP contribution in [0.5, 0.6) is 0 Å². The fourth-order valence-corrected chi connectivity index (χ4v) is 16.2. The Morgan fingerprint density at radius 1 is 0.347 bits per heavy atom. The van der Waals surface area contributed by atoms with Crippen molar-refractivity contribution < 1.29 is 13.7 Å². The van der Waals surface area contributed by atoms with E-state index in [0.717, 1.165) is 159 Å². The molecular weight excluding hydrogens is 1150 g/mol. The van der Waals surface area contributed by atoms with Crippen LogP contribution in [0.2, 0.25) is 0 Å². The highest BCUT2D eigenvalue weighted by Gasteiger charge is 2.44. The monoisotopic (exact) mass is 1230 g/mol. The highest BCUT2D eigenvalue weighted by Crippen LogP contribution is 2.49. The number of anilines is 2. The normalized spacial score (nSPS) is 14.6. The first-order chi connectivity index (χ1) is 50.2. The summed E-state index contributed by atoms with van der Waals surface area (Å²) < 4.78 is 97.9. The van der Waals surface area contributed by atoms with Gasteiger partial charge in [0, 0.05) is 76.7 Å². The lowest BCUT2D eigenvalue weighted by Gasteiger charge is -2.35. The van der Waals surface area contributed by atoms with Gasteiger partial charge in [-0.05, 0) is 165 Å². The van der Waals surface area contributed by atoms with Gasteiger partial charge in [-0.15, -0.1) is 0 Å². The molecule has 0 atom stereocenters. The van der Waals surface area contributed by atoms with Crippen LogP contribution >= 0.6 is 0 Å². The van der Waals surface area contributed by atoms with Crippen molar-refractivity contribution in [2.24, 2.45) is 0 Å². The quantitative estimate of drug-likeness (QED) is 0.171. The molecule has 2 aliphatic heterocycles. The average molecular weight is 1230 g/mol. The highest BCUT2D eigenvalue weighted by atomic mass is 15.1. The molecule has 6 heterocycles. The summed E-state index contributed by atoms with van der Waals surface area (Å²) in [5.74, 6) is 0. The van der Waals surface area contributed by atoms with E-state index in [2.05, 4.69) is 257 Å². The van der Waals surface area contributed by atoms with Crippen molar-refractivity contribution in [2.45, 2.75) is 78.6 Å². The summed E-state index contributed by atoms with van der Waals surface area (Å²) in [5.41, 5.74) is 19.8. The third kappa shape index (κ3) is 8.15. The second-order valence-electron chi connectivity index (χ2n) is 29.4. The van der Waals surface area contributed by atoms with Crippen molar-refractivity contribution in [3.63, 3.8) is 0 Å². The summed E-state index contributed by atoms with van der Waals surface area (Å²) in [6.45, 7) is 19.8. The second-order valence-corrected chi connectivity index (χ2v) is 29.4. The van der Waals surface area contributed by atoms with Gasteiger partial charge >= 0.3 is 0 Å². The molecule has 4 aromatic heterocycles. The minimum Gasteiger partial charge on any atom is -0.355 e. The zero-order valence-corrected chi connectivity index (χ0v) is 54.5. The lowest BCUT2D eigenvalue weighted by Crippen LogP contribution is -2.59. The van der Waals surface area contributed by atoms with E-state index in [1.807, 2.05) is 24.3 Å². The molecule has 0 amide bonds. The Morgan fingerprint density at radius 2 is 0.884 bits per heavy atom. The minimum absolute atomic E-state index is 0.122. The number of para-hydroxylation sites is 2. The van der Waals surface area contributed by atoms with E-state index < -0.39 is 48.4 Å². The smallest absolute Gasteiger partial charge is 0.252 e. The Labute approximate surface area is 568 Å². The van der Waals surface area contributed by atoms with Crippen LogP contribution in [0.4, 0.5) is 11.4 Å². The largest absolute Gasteiger partial charge is 0.355 e. The molecule has 4 nitrogen and oxygen atoms in total. The van der Waals surface area contributed by atoms with Crippen LogP contribution in [0.1, 0.15) is 92.7 Å². The van der Waals surface area contributed by atoms with Crippen molar-refractivity contribution in [3.8, 4) is 44.8 Å². The van der Waals surface area contributed by atoms with Crippen LogP contribution in [-0.2, 0) is 16.2 Å². The molecule has 0 bridgehead atoms. The Morgan fingerprint density at radius 3 is 1.54 bits per heavy atom. The van der Waals surface area contributed by atoms with Gasteiger partial charge in [0.1, 0.15) is 0 Å². The zero-order valence-electron chi connectivity index (χ0n) is 64.5. The summed E-state index contributed by atoms with van der Waals surface area (Å²) >= 11 is 0. The Bertz CT molecular complexity index is 6840. The summed E-state index contributed by atoms with van der Waals surface area (Å²) in [6, 6.07) is 68.8. The van der Waals surface area contributed by atoms with Crippen LogP contribution in [0.15, 0.2) is 261 Å². The maximum atomic E-state index is 9.40. The van der Waals surface area contributed by atoms with Crippen LogP contribution < -0.4 is 21.7 Å². The molecule has 0 aliphatic carbocycles. The molecule has 13 aromatic carbocycles. The summed E-state index contributed by atoms with van der Waals surface area (Å²) in [5, 5.41) is 16.3. The molecule has 95 heavy (non-hydrogen) atoms. The molecular formula is C90H71BN4. The van der Waals surface area contributed by atoms with Gasteiger partial charge in [0.15, 0.2) is 0 Å². The third-order valence-electron chi connectivity index (χ3n) is 20.7. The van der Waals surface area contributed by atoms with Crippen molar-refractivity contribution in [1.29, 1.82) is 0 Å². The van der Waals surface area contributed by atoms with Gasteiger partial charge < -0.3 is 18.9 Å². The number of nitrogens with one attached hydrogen (secondary N) is 1. The first-order valence-corrected chi connectivity index (χ1v) is 33.0. The van der Waals surface area contributed by atoms with Gasteiger partial charge in [-0.25, -0.2) is 0 Å². The van der Waals surface area contributed by atoms with Gasteiger partial charge in [-0.3, -0.25) is 0 Å². The number of hydrogen-bond acceptors (Lipinski definition) is 1. The topological polar surface area (TPSA) is 26.3 Å². The standard InChI is InChI=1S/C90H71BN4/c1-88(2,3)58-29-22-28-57(44-58)69-47-59(89(4,5)6)40-41-76(69)92-61-50-73-71-46-55(53-24-12-10-13-25-53)38-42-78(71)94-81-52-80-82(68-36-23-35-67-65-33-19-17-31-63(65)62-30-16-18-32-64(62)66-34-20-21-37-77(66)93(80)84(67)68)87-83(81)91(75(51-61)85(73)94)74-49-60(90(7,8)9)48-72-70-45-56(54-26-14-11-15-27-54)39-43-79(70)95(87)86(72)74/h10-52,92H,1-9H3/i10D,11D,12D,13D,14D,15D,24D,25D,26D,27D. The first kappa shape index (κ1) is 46.2. The zero-order chi connectivity index (χ0) is 72.8. The molecule has 454 valence electrons. The Balaban J connectivity index is 1.03. The average Bonchev–Trinajstić information content (AvgIpc) is 1.62. The predicted molar refractivity (Wildman–Crippen MR) is 409 cm³/mol. The maximum absolute atomic E-state index is 9.40. The van der Waals surface area contributed by atoms with Gasteiger partial charge in [0.2, 0.25) is 0 Å². The number of rotatable bonds is 5. The van der Waals surface area contributed by atoms with Crippen molar-refractivity contribution >= 4 is 138 Å². The van der Waals surface area contributed by atoms with Crippen molar-refractivity contribution in [3.05, 3.63) is 277 Å². The van der Waals surface area contributed by atoms with E-state index in [0.29, 0.717) is 11.1 Å². The number of hydrogen-bond donors (Lipinski definition) is 1. The molecule has 0 saturated heterocycles. The SMILES string of the molecule is [2H]c1c([2H])c([2H])c(-c2ccc3c(c2)c2cc(Nc4ccc(C(C)(C)C)cc4-c4cccc(C(C)(C)C)c4)cc4c2n3-c2cc3c(c5c2B4c2cc(C(C)(C)C)cc4c6cc(-c7c([2H])c([2H])c([2H])c([2H])c7[2H])ccc6n-5c24)c2cccc4c5ccccc5c5ccccc5c5ccccc5n3c42)c([2H])c1[2H]. The van der Waals surface area contributed by atoms with Crippen LogP contribution in [-0.4, -0.2) is 20.2 Å². The Hall–Kier alpha value is -10.9. The van der Waals surface area contributed by atoms with Crippen molar-refractivity contribution in [1.82, 2.24) is 13.5 Å². The number of fused-ring (bicyclic) bond motifs is 21. The van der Waals surface area contributed by atoms with E-state index in [1.165, 1.54) is 11.1 Å². The summed E-state index contributed by atoms with van der Waals surface area (Å²) in [7, 11) is 0. The lowest BCUT2D eigenvalue weighted by molar-refractivity contribution is 0.589. The second kappa shape index (κ2) is 19.8. The predicted octanol–water partition coefficient (Wildman–Crippen LogP) is 22.2.